The molecule has 2 aromatic heterocycles. The van der Waals surface area contributed by atoms with Gasteiger partial charge in [-0.15, -0.1) is 0 Å². The molecule has 0 radical (unpaired) electrons. The van der Waals surface area contributed by atoms with E-state index in [4.69, 9.17) is 4.42 Å². The van der Waals surface area contributed by atoms with E-state index < -0.39 is 0 Å². The number of hydrogen-bond donors (Lipinski definition) is 1. The predicted octanol–water partition coefficient (Wildman–Crippen LogP) is 3.39. The molecule has 0 bridgehead atoms. The molecule has 0 amide bonds. The van der Waals surface area contributed by atoms with E-state index >= 15 is 0 Å². The molecule has 4 rings (SSSR count). The summed E-state index contributed by atoms with van der Waals surface area (Å²) >= 11 is 0. The smallest absolute Gasteiger partial charge is 0.122 e. The van der Waals surface area contributed by atoms with Gasteiger partial charge in [-0.25, -0.2) is 4.98 Å². The van der Waals surface area contributed by atoms with Crippen molar-refractivity contribution in [1.29, 1.82) is 0 Å². The van der Waals surface area contributed by atoms with E-state index in [0.29, 0.717) is 6.04 Å². The van der Waals surface area contributed by atoms with Crippen molar-refractivity contribution < 1.29 is 4.42 Å². The molecule has 1 fully saturated rings. The standard InChI is InChI=1S/C20H24N4O/c1-2-11-23(10-1)19(20-4-3-13-25-20)15-22-14-17-5-7-18(8-6-17)24-12-9-21-16-24/h3-9,12-13,16,19,22H,1-2,10-11,14-15H2. The number of aromatic nitrogens is 2. The maximum absolute atomic E-state index is 5.68. The lowest BCUT2D eigenvalue weighted by Crippen LogP contribution is -2.33. The molecule has 3 heterocycles. The van der Waals surface area contributed by atoms with E-state index in [1.165, 1.54) is 18.4 Å². The van der Waals surface area contributed by atoms with E-state index in [-0.39, 0.29) is 0 Å². The molecule has 1 aromatic carbocycles. The summed E-state index contributed by atoms with van der Waals surface area (Å²) in [6.07, 6.45) is 9.91. The Morgan fingerprint density at radius 3 is 2.64 bits per heavy atom. The van der Waals surface area contributed by atoms with Crippen molar-refractivity contribution in [1.82, 2.24) is 19.8 Å². The van der Waals surface area contributed by atoms with Crippen molar-refractivity contribution >= 4 is 0 Å². The first-order valence-corrected chi connectivity index (χ1v) is 8.95. The Labute approximate surface area is 148 Å². The van der Waals surface area contributed by atoms with Gasteiger partial charge in [-0.1, -0.05) is 12.1 Å². The second-order valence-corrected chi connectivity index (χ2v) is 6.54. The maximum Gasteiger partial charge on any atom is 0.122 e. The Balaban J connectivity index is 1.35. The minimum absolute atomic E-state index is 0.322. The van der Waals surface area contributed by atoms with Crippen LogP contribution < -0.4 is 5.32 Å². The lowest BCUT2D eigenvalue weighted by atomic mass is 10.1. The SMILES string of the molecule is c1coc(C(CNCc2ccc(-n3ccnc3)cc2)N2CCCC2)c1. The molecule has 0 saturated carbocycles. The van der Waals surface area contributed by atoms with Crippen LogP contribution >= 0.6 is 0 Å². The number of hydrogen-bond acceptors (Lipinski definition) is 4. The zero-order valence-electron chi connectivity index (χ0n) is 14.3. The van der Waals surface area contributed by atoms with Gasteiger partial charge in [0.15, 0.2) is 0 Å². The Kier molecular flexibility index (Phi) is 4.95. The van der Waals surface area contributed by atoms with Crippen LogP contribution in [0, 0.1) is 0 Å². The fraction of sp³-hybridized carbons (Fsp3) is 0.350. The summed E-state index contributed by atoms with van der Waals surface area (Å²) in [4.78, 5) is 6.61. The van der Waals surface area contributed by atoms with Gasteiger partial charge >= 0.3 is 0 Å². The van der Waals surface area contributed by atoms with Crippen molar-refractivity contribution in [2.75, 3.05) is 19.6 Å². The van der Waals surface area contributed by atoms with E-state index in [9.17, 15) is 0 Å². The molecule has 1 aliphatic heterocycles. The van der Waals surface area contributed by atoms with Crippen molar-refractivity contribution in [3.8, 4) is 5.69 Å². The fourth-order valence-electron chi connectivity index (χ4n) is 3.49. The van der Waals surface area contributed by atoms with Crippen LogP contribution in [0.5, 0.6) is 0 Å². The number of nitrogens with zero attached hydrogens (tertiary/aromatic N) is 3. The Morgan fingerprint density at radius 1 is 1.12 bits per heavy atom. The summed E-state index contributed by atoms with van der Waals surface area (Å²) in [5.41, 5.74) is 2.41. The van der Waals surface area contributed by atoms with Crippen molar-refractivity contribution in [3.63, 3.8) is 0 Å². The van der Waals surface area contributed by atoms with Gasteiger partial charge < -0.3 is 14.3 Å². The van der Waals surface area contributed by atoms with Crippen LogP contribution in [0.1, 0.15) is 30.2 Å². The molecule has 1 unspecified atom stereocenters. The largest absolute Gasteiger partial charge is 0.468 e. The highest BCUT2D eigenvalue weighted by Gasteiger charge is 2.24. The number of likely N-dealkylation sites (tertiary alicyclic amines) is 1. The molecule has 1 aliphatic rings. The summed E-state index contributed by atoms with van der Waals surface area (Å²) in [6.45, 7) is 4.07. The Morgan fingerprint density at radius 2 is 1.96 bits per heavy atom. The van der Waals surface area contributed by atoms with Crippen LogP contribution in [-0.2, 0) is 6.54 Å². The number of nitrogens with one attached hydrogen (secondary N) is 1. The summed E-state index contributed by atoms with van der Waals surface area (Å²) in [5, 5.41) is 3.60. The lowest BCUT2D eigenvalue weighted by molar-refractivity contribution is 0.209. The second-order valence-electron chi connectivity index (χ2n) is 6.54. The molecular weight excluding hydrogens is 312 g/mol. The van der Waals surface area contributed by atoms with Crippen LogP contribution in [0.3, 0.4) is 0 Å². The first-order valence-electron chi connectivity index (χ1n) is 8.95. The molecule has 5 nitrogen and oxygen atoms in total. The van der Waals surface area contributed by atoms with Gasteiger partial charge in [0, 0.05) is 31.2 Å². The minimum atomic E-state index is 0.322. The molecule has 1 atom stereocenters. The van der Waals surface area contributed by atoms with E-state index in [2.05, 4.69) is 45.5 Å². The van der Waals surface area contributed by atoms with Gasteiger partial charge in [0.25, 0.3) is 0 Å². The molecule has 130 valence electrons. The molecule has 25 heavy (non-hydrogen) atoms. The van der Waals surface area contributed by atoms with E-state index in [0.717, 1.165) is 37.6 Å². The summed E-state index contributed by atoms with van der Waals surface area (Å²) in [7, 11) is 0. The van der Waals surface area contributed by atoms with Crippen molar-refractivity contribution in [2.24, 2.45) is 0 Å². The average Bonchev–Trinajstić information content (AvgIpc) is 3.43. The topological polar surface area (TPSA) is 46.2 Å². The monoisotopic (exact) mass is 336 g/mol. The minimum Gasteiger partial charge on any atom is -0.468 e. The van der Waals surface area contributed by atoms with Gasteiger partial charge in [0.1, 0.15) is 5.76 Å². The predicted molar refractivity (Wildman–Crippen MR) is 97.5 cm³/mol. The third-order valence-corrected chi connectivity index (χ3v) is 4.86. The van der Waals surface area contributed by atoms with Gasteiger partial charge in [-0.2, -0.15) is 0 Å². The van der Waals surface area contributed by atoms with Crippen LogP contribution in [-0.4, -0.2) is 34.1 Å². The number of furan rings is 1. The molecule has 1 saturated heterocycles. The summed E-state index contributed by atoms with van der Waals surface area (Å²) in [5.74, 6) is 1.06. The number of imidazole rings is 1. The van der Waals surface area contributed by atoms with Crippen molar-refractivity contribution in [2.45, 2.75) is 25.4 Å². The highest BCUT2D eigenvalue weighted by atomic mass is 16.3. The average molecular weight is 336 g/mol. The summed E-state index contributed by atoms with van der Waals surface area (Å²) in [6, 6.07) is 13.0. The first-order chi connectivity index (χ1) is 12.4. The van der Waals surface area contributed by atoms with Gasteiger partial charge in [0.2, 0.25) is 0 Å². The normalized spacial score (nSPS) is 16.3. The molecular formula is C20H24N4O. The third-order valence-electron chi connectivity index (χ3n) is 4.86. The van der Waals surface area contributed by atoms with Crippen LogP contribution in [0.25, 0.3) is 5.69 Å². The zero-order valence-corrected chi connectivity index (χ0v) is 14.3. The third kappa shape index (κ3) is 3.83. The molecule has 0 aliphatic carbocycles. The fourth-order valence-corrected chi connectivity index (χ4v) is 3.49. The zero-order chi connectivity index (χ0) is 16.9. The first kappa shape index (κ1) is 16.1. The van der Waals surface area contributed by atoms with Gasteiger partial charge in [-0.05, 0) is 55.8 Å². The summed E-state index contributed by atoms with van der Waals surface area (Å²) < 4.78 is 7.69. The Bertz CT molecular complexity index is 744. The van der Waals surface area contributed by atoms with Crippen LogP contribution in [0.15, 0.2) is 65.8 Å². The molecule has 5 heteroatoms. The van der Waals surface area contributed by atoms with Crippen LogP contribution in [0.2, 0.25) is 0 Å². The number of benzene rings is 1. The van der Waals surface area contributed by atoms with Gasteiger partial charge in [0.05, 0.1) is 18.6 Å². The highest BCUT2D eigenvalue weighted by molar-refractivity contribution is 5.34. The van der Waals surface area contributed by atoms with E-state index in [1.54, 1.807) is 12.5 Å². The Hall–Kier alpha value is -2.37. The molecule has 1 N–H and O–H groups in total. The number of rotatable bonds is 7. The lowest BCUT2D eigenvalue weighted by Gasteiger charge is -2.26. The second kappa shape index (κ2) is 7.68. The molecule has 0 spiro atoms. The highest BCUT2D eigenvalue weighted by Crippen LogP contribution is 2.25. The molecule has 3 aromatic rings. The van der Waals surface area contributed by atoms with Gasteiger partial charge in [-0.3, -0.25) is 4.90 Å². The van der Waals surface area contributed by atoms with E-state index in [1.807, 2.05) is 23.2 Å². The van der Waals surface area contributed by atoms with Crippen molar-refractivity contribution in [3.05, 3.63) is 72.7 Å². The maximum atomic E-state index is 5.68. The quantitative estimate of drug-likeness (QED) is 0.718. The van der Waals surface area contributed by atoms with Crippen LogP contribution in [0.4, 0.5) is 0 Å².